The monoisotopic (exact) mass is 500 g/mol. The van der Waals surface area contributed by atoms with Gasteiger partial charge in [-0.2, -0.15) is 0 Å². The van der Waals surface area contributed by atoms with E-state index in [0.29, 0.717) is 11.7 Å². The molecular formula is C32H40N2O3. The highest BCUT2D eigenvalue weighted by molar-refractivity contribution is 5.57. The van der Waals surface area contributed by atoms with Crippen LogP contribution in [-0.2, 0) is 19.3 Å². The van der Waals surface area contributed by atoms with Crippen LogP contribution in [0.15, 0.2) is 60.7 Å². The van der Waals surface area contributed by atoms with E-state index in [2.05, 4.69) is 40.5 Å². The number of hydrogen-bond acceptors (Lipinski definition) is 5. The molecule has 0 saturated carbocycles. The second kappa shape index (κ2) is 12.4. The van der Waals surface area contributed by atoms with Crippen LogP contribution in [0, 0.1) is 0 Å². The number of phenolic OH excluding ortho intramolecular Hbond substituents is 2. The first-order chi connectivity index (χ1) is 18.1. The van der Waals surface area contributed by atoms with Gasteiger partial charge >= 0.3 is 0 Å². The molecule has 0 bridgehead atoms. The van der Waals surface area contributed by atoms with Crippen molar-refractivity contribution in [2.75, 3.05) is 38.1 Å². The smallest absolute Gasteiger partial charge is 0.119 e. The third-order valence-electron chi connectivity index (χ3n) is 7.92. The number of hydrogen-bond donors (Lipinski definition) is 3. The molecule has 1 atom stereocenters. The van der Waals surface area contributed by atoms with Gasteiger partial charge in [0.15, 0.2) is 0 Å². The van der Waals surface area contributed by atoms with Gasteiger partial charge in [0.05, 0.1) is 0 Å². The minimum absolute atomic E-state index is 0.286. The van der Waals surface area contributed by atoms with Crippen molar-refractivity contribution >= 4 is 5.69 Å². The number of aromatic hydroxyl groups is 2. The lowest BCUT2D eigenvalue weighted by atomic mass is 9.79. The standard InChI is InChI=1S/C32H40N2O3/c35-28-10-9-25-21-27(8-7-26(25)22-28)31-14-11-29(36)23-32(31)33-16-15-24-5-12-30(13-6-24)37-20-19-34-17-3-1-2-4-18-34/h5-6,9-14,22-23,27,33,35-36H,1-4,7-8,15-21H2. The van der Waals surface area contributed by atoms with Crippen molar-refractivity contribution in [1.29, 1.82) is 0 Å². The SMILES string of the molecule is Oc1ccc2c(c1)CCC(c1ccc(O)cc1NCCc1ccc(OCCN3CCCCCC3)cc1)C2. The Kier molecular flexibility index (Phi) is 8.52. The van der Waals surface area contributed by atoms with Crippen molar-refractivity contribution in [2.45, 2.75) is 57.3 Å². The molecule has 2 aliphatic rings. The molecule has 196 valence electrons. The Hall–Kier alpha value is -3.18. The first-order valence-electron chi connectivity index (χ1n) is 14.0. The lowest BCUT2D eigenvalue weighted by Crippen LogP contribution is -2.29. The Morgan fingerprint density at radius 1 is 0.838 bits per heavy atom. The Labute approximate surface area is 221 Å². The van der Waals surface area contributed by atoms with Gasteiger partial charge in [-0.25, -0.2) is 0 Å². The fraction of sp³-hybridized carbons (Fsp3) is 0.438. The third-order valence-corrected chi connectivity index (χ3v) is 7.92. The van der Waals surface area contributed by atoms with Crippen LogP contribution in [0.5, 0.6) is 17.2 Å². The Balaban J connectivity index is 1.12. The molecule has 37 heavy (non-hydrogen) atoms. The highest BCUT2D eigenvalue weighted by Crippen LogP contribution is 2.38. The van der Waals surface area contributed by atoms with Crippen molar-refractivity contribution in [1.82, 2.24) is 4.90 Å². The molecule has 3 aromatic rings. The maximum absolute atomic E-state index is 10.2. The van der Waals surface area contributed by atoms with E-state index in [1.54, 1.807) is 12.1 Å². The van der Waals surface area contributed by atoms with E-state index in [9.17, 15) is 10.2 Å². The molecule has 5 heteroatoms. The molecule has 1 saturated heterocycles. The number of likely N-dealkylation sites (tertiary alicyclic amines) is 1. The number of nitrogens with zero attached hydrogens (tertiary/aromatic N) is 1. The van der Waals surface area contributed by atoms with E-state index in [-0.39, 0.29) is 5.75 Å². The number of fused-ring (bicyclic) bond motifs is 1. The van der Waals surface area contributed by atoms with Crippen LogP contribution < -0.4 is 10.1 Å². The minimum Gasteiger partial charge on any atom is -0.508 e. The number of rotatable bonds is 9. The third kappa shape index (κ3) is 6.98. The summed E-state index contributed by atoms with van der Waals surface area (Å²) < 4.78 is 6.01. The minimum atomic E-state index is 0.286. The fourth-order valence-corrected chi connectivity index (χ4v) is 5.81. The number of aryl methyl sites for hydroxylation is 1. The molecule has 5 nitrogen and oxygen atoms in total. The molecule has 1 unspecified atom stereocenters. The average molecular weight is 501 g/mol. The van der Waals surface area contributed by atoms with Crippen LogP contribution in [0.3, 0.4) is 0 Å². The van der Waals surface area contributed by atoms with Crippen LogP contribution in [0.25, 0.3) is 0 Å². The zero-order valence-corrected chi connectivity index (χ0v) is 21.8. The number of anilines is 1. The topological polar surface area (TPSA) is 65.0 Å². The lowest BCUT2D eigenvalue weighted by Gasteiger charge is -2.27. The molecule has 0 amide bonds. The molecule has 1 heterocycles. The fourth-order valence-electron chi connectivity index (χ4n) is 5.81. The van der Waals surface area contributed by atoms with Crippen molar-refractivity contribution in [2.24, 2.45) is 0 Å². The number of nitrogens with one attached hydrogen (secondary N) is 1. The van der Waals surface area contributed by atoms with Crippen LogP contribution in [0.1, 0.15) is 60.3 Å². The summed E-state index contributed by atoms with van der Waals surface area (Å²) in [6, 6.07) is 19.9. The maximum atomic E-state index is 10.2. The van der Waals surface area contributed by atoms with Crippen LogP contribution in [-0.4, -0.2) is 47.9 Å². The van der Waals surface area contributed by atoms with Crippen molar-refractivity contribution in [3.05, 3.63) is 82.9 Å². The number of phenols is 2. The summed E-state index contributed by atoms with van der Waals surface area (Å²) in [6.07, 6.45) is 9.20. The zero-order valence-electron chi connectivity index (χ0n) is 21.8. The van der Waals surface area contributed by atoms with Crippen LogP contribution in [0.4, 0.5) is 5.69 Å². The predicted octanol–water partition coefficient (Wildman–Crippen LogP) is 6.28. The van der Waals surface area contributed by atoms with Gasteiger partial charge in [-0.3, -0.25) is 4.90 Å². The van der Waals surface area contributed by atoms with Gasteiger partial charge in [-0.05, 0) is 110 Å². The first kappa shape index (κ1) is 25.5. The number of benzene rings is 3. The highest BCUT2D eigenvalue weighted by atomic mass is 16.5. The van der Waals surface area contributed by atoms with E-state index in [1.807, 2.05) is 18.2 Å². The second-order valence-corrected chi connectivity index (χ2v) is 10.6. The van der Waals surface area contributed by atoms with Crippen molar-refractivity contribution in [3.63, 3.8) is 0 Å². The summed E-state index contributed by atoms with van der Waals surface area (Å²) >= 11 is 0. The molecule has 1 fully saturated rings. The molecule has 3 N–H and O–H groups in total. The molecule has 0 spiro atoms. The van der Waals surface area contributed by atoms with Gasteiger partial charge in [0, 0.05) is 24.8 Å². The first-order valence-corrected chi connectivity index (χ1v) is 14.0. The predicted molar refractivity (Wildman–Crippen MR) is 150 cm³/mol. The van der Waals surface area contributed by atoms with Crippen molar-refractivity contribution in [3.8, 4) is 17.2 Å². The van der Waals surface area contributed by atoms with Gasteiger partial charge in [-0.1, -0.05) is 37.1 Å². The average Bonchev–Trinajstić information content (AvgIpc) is 3.18. The van der Waals surface area contributed by atoms with Gasteiger partial charge in [-0.15, -0.1) is 0 Å². The summed E-state index contributed by atoms with van der Waals surface area (Å²) in [7, 11) is 0. The molecule has 3 aromatic carbocycles. The molecule has 1 aliphatic heterocycles. The molecule has 0 aromatic heterocycles. The van der Waals surface area contributed by atoms with E-state index in [4.69, 9.17) is 4.74 Å². The molecular weight excluding hydrogens is 460 g/mol. The van der Waals surface area contributed by atoms with Gasteiger partial charge in [0.25, 0.3) is 0 Å². The Morgan fingerprint density at radius 3 is 2.41 bits per heavy atom. The summed E-state index contributed by atoms with van der Waals surface area (Å²) in [5.41, 5.74) is 6.09. The highest BCUT2D eigenvalue weighted by Gasteiger charge is 2.23. The van der Waals surface area contributed by atoms with E-state index in [1.165, 1.54) is 61.0 Å². The Bertz CT molecular complexity index is 1150. The van der Waals surface area contributed by atoms with Crippen molar-refractivity contribution < 1.29 is 14.9 Å². The van der Waals surface area contributed by atoms with E-state index >= 15 is 0 Å². The van der Waals surface area contributed by atoms with Gasteiger partial charge in [0.2, 0.25) is 0 Å². The largest absolute Gasteiger partial charge is 0.508 e. The maximum Gasteiger partial charge on any atom is 0.119 e. The summed E-state index contributed by atoms with van der Waals surface area (Å²) in [5.74, 6) is 1.96. The van der Waals surface area contributed by atoms with Crippen LogP contribution in [0.2, 0.25) is 0 Å². The van der Waals surface area contributed by atoms with E-state index < -0.39 is 0 Å². The Morgan fingerprint density at radius 2 is 1.59 bits per heavy atom. The van der Waals surface area contributed by atoms with Gasteiger partial charge in [0.1, 0.15) is 23.9 Å². The summed E-state index contributed by atoms with van der Waals surface area (Å²) in [6.45, 7) is 4.95. The van der Waals surface area contributed by atoms with E-state index in [0.717, 1.165) is 56.8 Å². The van der Waals surface area contributed by atoms with Crippen LogP contribution >= 0.6 is 0 Å². The molecule has 0 radical (unpaired) electrons. The normalized spacial score (nSPS) is 18.1. The zero-order chi connectivity index (χ0) is 25.5. The second-order valence-electron chi connectivity index (χ2n) is 10.6. The molecule has 5 rings (SSSR count). The lowest BCUT2D eigenvalue weighted by molar-refractivity contribution is 0.214. The summed E-state index contributed by atoms with van der Waals surface area (Å²) in [5, 5.41) is 23.5. The number of ether oxygens (including phenoxy) is 1. The van der Waals surface area contributed by atoms with Gasteiger partial charge < -0.3 is 20.3 Å². The summed E-state index contributed by atoms with van der Waals surface area (Å²) in [4.78, 5) is 2.53. The molecule has 1 aliphatic carbocycles. The quantitative estimate of drug-likeness (QED) is 0.323.